The van der Waals surface area contributed by atoms with Gasteiger partial charge in [0, 0.05) is 11.4 Å². The van der Waals surface area contributed by atoms with Gasteiger partial charge in [-0.15, -0.1) is 0 Å². The van der Waals surface area contributed by atoms with Crippen molar-refractivity contribution in [3.63, 3.8) is 0 Å². The Labute approximate surface area is 97.6 Å². The predicted octanol–water partition coefficient (Wildman–Crippen LogP) is 2.19. The smallest absolute Gasteiger partial charge is 0.189 e. The maximum Gasteiger partial charge on any atom is 0.189 e. The van der Waals surface area contributed by atoms with Crippen LogP contribution >= 0.6 is 11.6 Å². The van der Waals surface area contributed by atoms with Gasteiger partial charge in [0.05, 0.1) is 6.20 Å². The fraction of sp³-hybridized carbons (Fsp3) is 0.182. The Morgan fingerprint density at radius 1 is 1.50 bits per heavy atom. The van der Waals surface area contributed by atoms with E-state index in [4.69, 9.17) is 11.6 Å². The first-order chi connectivity index (χ1) is 7.66. The normalized spacial score (nSPS) is 10.4. The second kappa shape index (κ2) is 4.45. The number of halogens is 1. The SMILES string of the molecule is Cc1ccc(CC(=O)c2cn[nH]n2)c(Cl)c1. The molecule has 0 aliphatic rings. The van der Waals surface area contributed by atoms with E-state index in [1.807, 2.05) is 25.1 Å². The lowest BCUT2D eigenvalue weighted by molar-refractivity contribution is 0.0988. The molecule has 0 unspecified atom stereocenters. The van der Waals surface area contributed by atoms with Gasteiger partial charge in [-0.05, 0) is 24.1 Å². The fourth-order valence-corrected chi connectivity index (χ4v) is 1.70. The molecule has 1 N–H and O–H groups in total. The van der Waals surface area contributed by atoms with Crippen LogP contribution in [0.3, 0.4) is 0 Å². The molecule has 82 valence electrons. The zero-order valence-corrected chi connectivity index (χ0v) is 9.45. The number of carbonyl (C=O) groups is 1. The lowest BCUT2D eigenvalue weighted by Crippen LogP contribution is -2.04. The molecule has 16 heavy (non-hydrogen) atoms. The third-order valence-electron chi connectivity index (χ3n) is 2.26. The van der Waals surface area contributed by atoms with Crippen LogP contribution in [0.15, 0.2) is 24.4 Å². The first-order valence-electron chi connectivity index (χ1n) is 4.81. The Kier molecular flexibility index (Phi) is 3.01. The number of nitrogens with zero attached hydrogens (tertiary/aromatic N) is 2. The fourth-order valence-electron chi connectivity index (χ4n) is 1.40. The van der Waals surface area contributed by atoms with Crippen LogP contribution in [-0.4, -0.2) is 21.2 Å². The van der Waals surface area contributed by atoms with E-state index in [2.05, 4.69) is 15.4 Å². The molecule has 2 rings (SSSR count). The molecular formula is C11H10ClN3O. The number of aryl methyl sites for hydroxylation is 1. The van der Waals surface area contributed by atoms with Gasteiger partial charge in [-0.25, -0.2) is 0 Å². The van der Waals surface area contributed by atoms with Crippen LogP contribution in [0.4, 0.5) is 0 Å². The quantitative estimate of drug-likeness (QED) is 0.830. The second-order valence-electron chi connectivity index (χ2n) is 3.55. The van der Waals surface area contributed by atoms with Gasteiger partial charge >= 0.3 is 0 Å². The zero-order valence-electron chi connectivity index (χ0n) is 8.70. The summed E-state index contributed by atoms with van der Waals surface area (Å²) in [6, 6.07) is 5.62. The molecule has 0 bridgehead atoms. The number of aromatic nitrogens is 3. The van der Waals surface area contributed by atoms with E-state index in [1.165, 1.54) is 6.20 Å². The number of hydrogen-bond donors (Lipinski definition) is 1. The molecule has 0 aliphatic carbocycles. The summed E-state index contributed by atoms with van der Waals surface area (Å²) in [5.74, 6) is -0.0977. The van der Waals surface area contributed by atoms with Crippen LogP contribution in [-0.2, 0) is 6.42 Å². The van der Waals surface area contributed by atoms with Crippen molar-refractivity contribution in [1.82, 2.24) is 15.4 Å². The van der Waals surface area contributed by atoms with Crippen molar-refractivity contribution < 1.29 is 4.79 Å². The van der Waals surface area contributed by atoms with Gasteiger partial charge in [0.15, 0.2) is 5.78 Å². The highest BCUT2D eigenvalue weighted by Crippen LogP contribution is 2.19. The van der Waals surface area contributed by atoms with Crippen molar-refractivity contribution in [1.29, 1.82) is 0 Å². The van der Waals surface area contributed by atoms with Crippen molar-refractivity contribution in [2.24, 2.45) is 0 Å². The molecule has 1 aromatic carbocycles. The number of nitrogens with one attached hydrogen (secondary N) is 1. The minimum atomic E-state index is -0.0977. The van der Waals surface area contributed by atoms with Crippen molar-refractivity contribution in [3.05, 3.63) is 46.2 Å². The summed E-state index contributed by atoms with van der Waals surface area (Å²) >= 11 is 6.04. The average molecular weight is 236 g/mol. The number of rotatable bonds is 3. The van der Waals surface area contributed by atoms with Gasteiger partial charge in [0.2, 0.25) is 0 Å². The largest absolute Gasteiger partial charge is 0.292 e. The first-order valence-corrected chi connectivity index (χ1v) is 5.18. The number of Topliss-reactive ketones (excluding diaryl/α,β-unsaturated/α-hetero) is 1. The van der Waals surface area contributed by atoms with Crippen LogP contribution in [0.2, 0.25) is 5.02 Å². The lowest BCUT2D eigenvalue weighted by atomic mass is 10.1. The summed E-state index contributed by atoms with van der Waals surface area (Å²) in [5.41, 5.74) is 2.21. The second-order valence-corrected chi connectivity index (χ2v) is 3.96. The standard InChI is InChI=1S/C11H10ClN3O/c1-7-2-3-8(9(12)4-7)5-11(16)10-6-13-15-14-10/h2-4,6H,5H2,1H3,(H,13,14,15). The number of carbonyl (C=O) groups excluding carboxylic acids is 1. The van der Waals surface area contributed by atoms with Crippen LogP contribution in [0.25, 0.3) is 0 Å². The maximum atomic E-state index is 11.7. The molecule has 1 heterocycles. The van der Waals surface area contributed by atoms with Crippen LogP contribution in [0.5, 0.6) is 0 Å². The van der Waals surface area contributed by atoms with Crippen LogP contribution in [0, 0.1) is 6.92 Å². The molecule has 1 aromatic heterocycles. The first kappa shape index (κ1) is 10.8. The molecule has 0 aliphatic heterocycles. The van der Waals surface area contributed by atoms with E-state index in [0.717, 1.165) is 11.1 Å². The van der Waals surface area contributed by atoms with Crippen LogP contribution < -0.4 is 0 Å². The summed E-state index contributed by atoms with van der Waals surface area (Å²) in [4.78, 5) is 11.7. The van der Waals surface area contributed by atoms with E-state index in [9.17, 15) is 4.79 Å². The highest BCUT2D eigenvalue weighted by molar-refractivity contribution is 6.31. The molecule has 0 saturated heterocycles. The number of aromatic amines is 1. The molecule has 5 heteroatoms. The van der Waals surface area contributed by atoms with Crippen molar-refractivity contribution in [3.8, 4) is 0 Å². The molecular weight excluding hydrogens is 226 g/mol. The lowest BCUT2D eigenvalue weighted by Gasteiger charge is -2.03. The molecule has 0 atom stereocenters. The zero-order chi connectivity index (χ0) is 11.5. The van der Waals surface area contributed by atoms with Gasteiger partial charge in [-0.1, -0.05) is 23.7 Å². The molecule has 0 radical (unpaired) electrons. The van der Waals surface area contributed by atoms with E-state index in [0.29, 0.717) is 10.7 Å². The number of benzene rings is 1. The summed E-state index contributed by atoms with van der Waals surface area (Å²) in [6.45, 7) is 1.95. The number of hydrogen-bond acceptors (Lipinski definition) is 3. The average Bonchev–Trinajstić information content (AvgIpc) is 2.75. The van der Waals surface area contributed by atoms with Crippen molar-refractivity contribution in [2.75, 3.05) is 0 Å². The van der Waals surface area contributed by atoms with Gasteiger partial charge in [0.1, 0.15) is 5.69 Å². The van der Waals surface area contributed by atoms with Crippen LogP contribution in [0.1, 0.15) is 21.6 Å². The molecule has 0 spiro atoms. The minimum Gasteiger partial charge on any atom is -0.292 e. The van der Waals surface area contributed by atoms with E-state index in [1.54, 1.807) is 0 Å². The van der Waals surface area contributed by atoms with E-state index >= 15 is 0 Å². The predicted molar refractivity (Wildman–Crippen MR) is 60.6 cm³/mol. The summed E-state index contributed by atoms with van der Waals surface area (Å²) in [7, 11) is 0. The van der Waals surface area contributed by atoms with Crippen molar-refractivity contribution in [2.45, 2.75) is 13.3 Å². The van der Waals surface area contributed by atoms with Gasteiger partial charge in [-0.3, -0.25) is 4.79 Å². The Balaban J connectivity index is 2.18. The summed E-state index contributed by atoms with van der Waals surface area (Å²) in [6.07, 6.45) is 1.65. The van der Waals surface area contributed by atoms with E-state index in [-0.39, 0.29) is 12.2 Å². The Bertz CT molecular complexity index is 508. The third-order valence-corrected chi connectivity index (χ3v) is 2.61. The Hall–Kier alpha value is -1.68. The molecule has 2 aromatic rings. The Morgan fingerprint density at radius 2 is 2.31 bits per heavy atom. The van der Waals surface area contributed by atoms with Gasteiger partial charge in [0.25, 0.3) is 0 Å². The van der Waals surface area contributed by atoms with E-state index < -0.39 is 0 Å². The third kappa shape index (κ3) is 2.28. The molecule has 0 amide bonds. The number of H-pyrrole nitrogens is 1. The topological polar surface area (TPSA) is 58.6 Å². The molecule has 0 fully saturated rings. The summed E-state index contributed by atoms with van der Waals surface area (Å²) < 4.78 is 0. The van der Waals surface area contributed by atoms with Gasteiger partial charge < -0.3 is 0 Å². The highest BCUT2D eigenvalue weighted by atomic mass is 35.5. The Morgan fingerprint density at radius 3 is 2.94 bits per heavy atom. The van der Waals surface area contributed by atoms with Gasteiger partial charge in [-0.2, -0.15) is 15.4 Å². The monoisotopic (exact) mass is 235 g/mol. The van der Waals surface area contributed by atoms with Crippen molar-refractivity contribution >= 4 is 17.4 Å². The number of ketones is 1. The molecule has 0 saturated carbocycles. The molecule has 4 nitrogen and oxygen atoms in total. The minimum absolute atomic E-state index is 0.0977. The summed E-state index contributed by atoms with van der Waals surface area (Å²) in [5, 5.41) is 10.3. The highest BCUT2D eigenvalue weighted by Gasteiger charge is 2.11. The maximum absolute atomic E-state index is 11.7.